The minimum Gasteiger partial charge on any atom is -0.315 e. The molecule has 0 unspecified atom stereocenters. The summed E-state index contributed by atoms with van der Waals surface area (Å²) >= 11 is 5.58. The van der Waals surface area contributed by atoms with Crippen LogP contribution in [0, 0.1) is 104 Å². The maximum absolute atomic E-state index is 13.5. The predicted molar refractivity (Wildman–Crippen MR) is 380 cm³/mol. The van der Waals surface area contributed by atoms with E-state index in [1.54, 1.807) is 110 Å². The van der Waals surface area contributed by atoms with Crippen molar-refractivity contribution in [1.82, 2.24) is 24.8 Å². The monoisotopic (exact) mass is 1330 g/mol. The Kier molecular flexibility index (Phi) is 17.4. The van der Waals surface area contributed by atoms with Crippen LogP contribution >= 0.6 is 46.2 Å². The molecule has 0 aliphatic carbocycles. The molecule has 3 aromatic heterocycles. The molecule has 0 radical (unpaired) electrons. The van der Waals surface area contributed by atoms with Crippen molar-refractivity contribution in [2.45, 2.75) is 132 Å². The molecule has 0 spiro atoms. The molecule has 14 rings (SSSR count). The van der Waals surface area contributed by atoms with Crippen molar-refractivity contribution in [3.05, 3.63) is 153 Å². The predicted octanol–water partition coefficient (Wildman–Crippen LogP) is 13.4. The second kappa shape index (κ2) is 24.0. The molecule has 0 bridgehead atoms. The van der Waals surface area contributed by atoms with Gasteiger partial charge in [0.05, 0.1) is 65.9 Å². The van der Waals surface area contributed by atoms with E-state index in [9.17, 15) is 38.4 Å². The van der Waals surface area contributed by atoms with Gasteiger partial charge in [-0.2, -0.15) is 15.0 Å². The van der Waals surface area contributed by atoms with E-state index in [4.69, 9.17) is 0 Å². The Morgan fingerprint density at radius 2 is 0.656 bits per heavy atom. The van der Waals surface area contributed by atoms with E-state index >= 15 is 0 Å². The van der Waals surface area contributed by atoms with Crippen LogP contribution in [0.2, 0.25) is 0 Å². The van der Waals surface area contributed by atoms with Gasteiger partial charge in [0.25, 0.3) is 35.4 Å². The number of hydrogen-bond acceptors (Lipinski definition) is 14. The highest BCUT2D eigenvalue weighted by Gasteiger charge is 2.47. The summed E-state index contributed by atoms with van der Waals surface area (Å²) < 4.78 is 0. The second-order valence-electron chi connectivity index (χ2n) is 25.2. The van der Waals surface area contributed by atoms with Gasteiger partial charge >= 0.3 is 0 Å². The highest BCUT2D eigenvalue weighted by molar-refractivity contribution is 8.24. The number of amides is 6. The van der Waals surface area contributed by atoms with Gasteiger partial charge in [0, 0.05) is 103 Å². The van der Waals surface area contributed by atoms with Gasteiger partial charge in [0.2, 0.25) is 10.2 Å². The number of carbonyl (C=O) groups is 8. The number of likely N-dealkylation sites (N-methyl/N-ethyl adjacent to an activating group) is 6. The summed E-state index contributed by atoms with van der Waals surface area (Å²) in [7, 11) is 12.5. The molecule has 11 heterocycles. The fourth-order valence-electron chi connectivity index (χ4n) is 13.3. The second-order valence-corrected chi connectivity index (χ2v) is 29.6. The van der Waals surface area contributed by atoms with Crippen LogP contribution in [0.25, 0.3) is 33.3 Å². The summed E-state index contributed by atoms with van der Waals surface area (Å²) in [5.41, 5.74) is 29.3. The Morgan fingerprint density at radius 3 is 1.08 bits per heavy atom. The van der Waals surface area contributed by atoms with Crippen molar-refractivity contribution in [2.75, 3.05) is 61.9 Å². The molecule has 3 aromatic carbocycles. The standard InChI is InChI=1S/C25H28N2O2.C18H18N2O2S2.C11H15N3.C10H12N2O2.C8H6O2S2/c1-11-10-18-20(24(28)26(8)22(18)16(6)12(11)2)21-19-15(5)13(3)14(4)17(7)23(19)27(9)25(21)29;1-7-9(3)23-15-11(17(21)19(5)13(7)15)12-16-14(20(6)18(12)22)8(2)10(4)24-16;1-6-7(2)9(4)11-10(8(6)3)12-14(5)13-11;1-5-7-8(10(14)11(5)3)6(2)12(4)9(7)13;1-3-5-6(12-7(3)9)4(2)8(10)11-5/h10H,1-9H3;1-6H3;1-5H3;1-4H3;1-2H3/b21-20+;12-11+;;;. The van der Waals surface area contributed by atoms with Gasteiger partial charge in [0.15, 0.2) is 0 Å². The van der Waals surface area contributed by atoms with E-state index in [2.05, 4.69) is 106 Å². The van der Waals surface area contributed by atoms with E-state index in [-0.39, 0.29) is 45.7 Å². The van der Waals surface area contributed by atoms with Gasteiger partial charge in [-0.25, -0.2) is 0 Å². The van der Waals surface area contributed by atoms with Crippen LogP contribution in [0.4, 0.5) is 22.7 Å². The number of hydrogen-bond donors (Lipinski definition) is 0. The number of nitrogens with zero attached hydrogens (tertiary/aromatic N) is 9. The Hall–Kier alpha value is -8.24. The molecular weight excluding hydrogens is 1250 g/mol. The van der Waals surface area contributed by atoms with Crippen LogP contribution in [0.5, 0.6) is 0 Å². The third kappa shape index (κ3) is 10.1. The van der Waals surface area contributed by atoms with Crippen molar-refractivity contribution < 1.29 is 38.4 Å². The Labute approximate surface area is 560 Å². The summed E-state index contributed by atoms with van der Waals surface area (Å²) in [6.45, 7) is 38.4. The van der Waals surface area contributed by atoms with Crippen LogP contribution in [-0.4, -0.2) is 113 Å². The van der Waals surface area contributed by atoms with E-state index < -0.39 is 0 Å². The summed E-state index contributed by atoms with van der Waals surface area (Å²) in [4.78, 5) is 116. The van der Waals surface area contributed by atoms with Gasteiger partial charge in [-0.15, -0.1) is 22.7 Å². The molecule has 0 saturated carbocycles. The number of anilines is 4. The summed E-state index contributed by atoms with van der Waals surface area (Å²) in [6.07, 6.45) is 0. The number of fused-ring (bicyclic) bond motifs is 7. The number of thiophene rings is 2. The van der Waals surface area contributed by atoms with Crippen molar-refractivity contribution in [3.63, 3.8) is 0 Å². The van der Waals surface area contributed by atoms with Crippen molar-refractivity contribution in [1.29, 1.82) is 0 Å². The summed E-state index contributed by atoms with van der Waals surface area (Å²) in [5, 5.41) is 8.93. The molecule has 6 amide bonds. The normalized spacial score (nSPS) is 18.6. The molecular formula is C72H79N9O8S4. The topological polar surface area (TPSA) is 187 Å². The molecule has 21 heteroatoms. The molecule has 17 nitrogen and oxygen atoms in total. The number of thioether (sulfide) groups is 2. The molecule has 484 valence electrons. The van der Waals surface area contributed by atoms with Crippen molar-refractivity contribution in [3.8, 4) is 0 Å². The number of aromatic nitrogens is 3. The molecule has 0 saturated heterocycles. The third-order valence-electron chi connectivity index (χ3n) is 20.4. The van der Waals surface area contributed by atoms with Gasteiger partial charge in [-0.05, 0) is 233 Å². The lowest BCUT2D eigenvalue weighted by Crippen LogP contribution is -2.24. The van der Waals surface area contributed by atoms with Gasteiger partial charge in [-0.1, -0.05) is 0 Å². The van der Waals surface area contributed by atoms with E-state index in [1.807, 2.05) is 27.9 Å². The number of aryl methyl sites for hydroxylation is 6. The van der Waals surface area contributed by atoms with E-state index in [0.717, 1.165) is 120 Å². The zero-order chi connectivity index (χ0) is 69.0. The minimum atomic E-state index is -0.104. The maximum atomic E-state index is 13.5. The third-order valence-corrected chi connectivity index (χ3v) is 25.4. The first-order chi connectivity index (χ1) is 43.3. The van der Waals surface area contributed by atoms with Crippen molar-refractivity contribution in [2.24, 2.45) is 7.05 Å². The highest BCUT2D eigenvalue weighted by Crippen LogP contribution is 2.55. The molecule has 8 aliphatic heterocycles. The Balaban J connectivity index is 0.000000133. The summed E-state index contributed by atoms with van der Waals surface area (Å²) in [5.74, 6) is -0.509. The fourth-order valence-corrected chi connectivity index (χ4v) is 18.0. The van der Waals surface area contributed by atoms with E-state index in [0.29, 0.717) is 33.4 Å². The van der Waals surface area contributed by atoms with Gasteiger partial charge in [-0.3, -0.25) is 38.4 Å². The Bertz CT molecular complexity index is 4580. The molecule has 93 heavy (non-hydrogen) atoms. The summed E-state index contributed by atoms with van der Waals surface area (Å²) in [6, 6.07) is 2.07. The lowest BCUT2D eigenvalue weighted by atomic mass is 9.87. The fraction of sp³-hybridized carbons (Fsp3) is 0.361. The number of allylic oxidation sites excluding steroid dienone is 2. The van der Waals surface area contributed by atoms with Crippen molar-refractivity contribution >= 4 is 148 Å². The van der Waals surface area contributed by atoms with Crippen LogP contribution in [0.15, 0.2) is 49.6 Å². The first-order valence-electron chi connectivity index (χ1n) is 30.5. The SMILES string of the molecule is CC1=C2C(=O)N(C)C(C)=C2C(=O)N1C.CC1=C2SC(=O)C(C)=C2SC1=O.Cc1c(C)c(C)c2nn(C)nc2c1C.Cc1cc2c(c(C)c1C)N(C)C(=O)/C2=C1/C(=O)N(C)c2c(C)c(C)c(C)c(C)c21.Cc1sc2c(c1C)N(C)C(=O)/C2=C1/C(=O)N(C)c2c1sc(C)c2C. The van der Waals surface area contributed by atoms with Crippen LogP contribution in [0.3, 0.4) is 0 Å². The lowest BCUT2D eigenvalue weighted by molar-refractivity contribution is -0.123. The largest absolute Gasteiger partial charge is 0.315 e. The van der Waals surface area contributed by atoms with Gasteiger partial charge < -0.3 is 29.4 Å². The molecule has 0 fully saturated rings. The molecule has 6 aromatic rings. The zero-order valence-corrected chi connectivity index (χ0v) is 61.3. The van der Waals surface area contributed by atoms with Crippen LogP contribution in [0.1, 0.15) is 131 Å². The number of carbonyl (C=O) groups excluding carboxylic acids is 8. The minimum absolute atomic E-state index is 0.0762. The first-order valence-corrected chi connectivity index (χ1v) is 33.8. The van der Waals surface area contributed by atoms with E-state index in [1.165, 1.54) is 82.0 Å². The maximum Gasteiger partial charge on any atom is 0.260 e. The molecule has 8 aliphatic rings. The Morgan fingerprint density at radius 1 is 0.323 bits per heavy atom. The quantitative estimate of drug-likeness (QED) is 0.131. The number of rotatable bonds is 0. The van der Waals surface area contributed by atoms with Gasteiger partial charge in [0.1, 0.15) is 11.0 Å². The van der Waals surface area contributed by atoms with Crippen LogP contribution in [-0.2, 0) is 45.4 Å². The zero-order valence-electron chi connectivity index (χ0n) is 58.0. The molecule has 0 N–H and O–H groups in total. The molecule has 0 atom stereocenters. The lowest BCUT2D eigenvalue weighted by Gasteiger charge is -2.18. The average molecular weight is 1330 g/mol. The average Bonchev–Trinajstić information content (AvgIpc) is 1.57. The smallest absolute Gasteiger partial charge is 0.260 e. The highest BCUT2D eigenvalue weighted by atomic mass is 32.2. The first kappa shape index (κ1) is 67.6. The number of benzene rings is 3. The van der Waals surface area contributed by atoms with Crippen LogP contribution < -0.4 is 19.6 Å².